The molecule has 0 aliphatic rings. The minimum absolute atomic E-state index is 0.0468. The van der Waals surface area contributed by atoms with Crippen molar-refractivity contribution < 1.29 is 13.9 Å². The SMILES string of the molecule is CC(C)(C#N)SC[C@@](C)(N[S+]([O-])C(C)(C)C)c1cc([N+](=O)[O-])ccc1F. The minimum Gasteiger partial charge on any atom is -0.598 e. The number of hydrogen-bond donors (Lipinski definition) is 1. The number of benzene rings is 1. The standard InChI is InChI=1S/C17H24FN3O3S2/c1-15(2,3)26(24)20-17(6,11-25-16(4,5)10-19)13-9-12(21(22)23)7-8-14(13)18/h7-9,20H,11H2,1-6H3/t17-,26?/m1/s1. The molecule has 6 nitrogen and oxygen atoms in total. The number of thioether (sulfide) groups is 1. The van der Waals surface area contributed by atoms with Gasteiger partial charge in [0.15, 0.2) is 0 Å². The molecule has 1 aromatic carbocycles. The normalized spacial score (nSPS) is 15.8. The zero-order valence-electron chi connectivity index (χ0n) is 15.8. The Morgan fingerprint density at radius 1 is 1.31 bits per heavy atom. The highest BCUT2D eigenvalue weighted by Gasteiger charge is 2.40. The Morgan fingerprint density at radius 2 is 1.88 bits per heavy atom. The molecule has 0 aromatic heterocycles. The van der Waals surface area contributed by atoms with Crippen LogP contribution in [0.15, 0.2) is 18.2 Å². The van der Waals surface area contributed by atoms with Crippen molar-refractivity contribution in [3.05, 3.63) is 39.7 Å². The molecule has 144 valence electrons. The van der Waals surface area contributed by atoms with Crippen LogP contribution >= 0.6 is 11.8 Å². The first-order valence-corrected chi connectivity index (χ1v) is 10.0. The van der Waals surface area contributed by atoms with E-state index in [0.29, 0.717) is 0 Å². The number of nitrogens with zero attached hydrogens (tertiary/aromatic N) is 2. The summed E-state index contributed by atoms with van der Waals surface area (Å²) in [5.41, 5.74) is -1.38. The maximum atomic E-state index is 14.5. The molecule has 0 heterocycles. The maximum Gasteiger partial charge on any atom is 0.269 e. The minimum atomic E-state index is -1.55. The molecule has 1 rings (SSSR count). The van der Waals surface area contributed by atoms with Crippen molar-refractivity contribution in [1.82, 2.24) is 4.72 Å². The molecular formula is C17H24FN3O3S2. The number of halogens is 1. The van der Waals surface area contributed by atoms with Gasteiger partial charge < -0.3 is 4.55 Å². The van der Waals surface area contributed by atoms with Crippen LogP contribution in [-0.2, 0) is 16.9 Å². The van der Waals surface area contributed by atoms with Crippen LogP contribution < -0.4 is 4.72 Å². The summed E-state index contributed by atoms with van der Waals surface area (Å²) in [6.45, 7) is 10.4. The lowest BCUT2D eigenvalue weighted by molar-refractivity contribution is -0.385. The van der Waals surface area contributed by atoms with E-state index >= 15 is 0 Å². The summed E-state index contributed by atoms with van der Waals surface area (Å²) in [6.07, 6.45) is 0. The highest BCUT2D eigenvalue weighted by Crippen LogP contribution is 2.36. The third-order valence-electron chi connectivity index (χ3n) is 3.62. The summed E-state index contributed by atoms with van der Waals surface area (Å²) in [5, 5.41) is 20.3. The van der Waals surface area contributed by atoms with Crippen molar-refractivity contribution in [3.63, 3.8) is 0 Å². The predicted molar refractivity (Wildman–Crippen MR) is 104 cm³/mol. The largest absolute Gasteiger partial charge is 0.598 e. The van der Waals surface area contributed by atoms with Crippen molar-refractivity contribution in [1.29, 1.82) is 5.26 Å². The average Bonchev–Trinajstić information content (AvgIpc) is 2.52. The summed E-state index contributed by atoms with van der Waals surface area (Å²) in [5.74, 6) is -0.431. The maximum absolute atomic E-state index is 14.5. The lowest BCUT2D eigenvalue weighted by Gasteiger charge is -2.36. The highest BCUT2D eigenvalue weighted by atomic mass is 32.2. The molecular weight excluding hydrogens is 377 g/mol. The first kappa shape index (κ1) is 22.7. The van der Waals surface area contributed by atoms with Crippen molar-refractivity contribution in [2.45, 2.75) is 56.6 Å². The molecule has 2 atom stereocenters. The molecule has 0 fully saturated rings. The first-order valence-electron chi connectivity index (χ1n) is 7.91. The predicted octanol–water partition coefficient (Wildman–Crippen LogP) is 4.04. The smallest absolute Gasteiger partial charge is 0.269 e. The summed E-state index contributed by atoms with van der Waals surface area (Å²) in [7, 11) is 0. The van der Waals surface area contributed by atoms with E-state index in [1.807, 2.05) is 0 Å². The van der Waals surface area contributed by atoms with Gasteiger partial charge in [-0.1, -0.05) is 0 Å². The monoisotopic (exact) mass is 401 g/mol. The topological polar surface area (TPSA) is 102 Å². The van der Waals surface area contributed by atoms with Crippen LogP contribution in [0.3, 0.4) is 0 Å². The Hall–Kier alpha value is -1.34. The number of nitro groups is 1. The van der Waals surface area contributed by atoms with Crippen molar-refractivity contribution in [2.75, 3.05) is 5.75 Å². The molecule has 0 aliphatic carbocycles. The lowest BCUT2D eigenvalue weighted by Crippen LogP contribution is -2.52. The Balaban J connectivity index is 3.38. The van der Waals surface area contributed by atoms with Gasteiger partial charge >= 0.3 is 0 Å². The number of rotatable bonds is 7. The highest BCUT2D eigenvalue weighted by molar-refractivity contribution is 8.01. The fourth-order valence-electron chi connectivity index (χ4n) is 1.93. The fraction of sp³-hybridized carbons (Fsp3) is 0.588. The average molecular weight is 402 g/mol. The number of hydrogen-bond acceptors (Lipinski definition) is 6. The van der Waals surface area contributed by atoms with E-state index in [1.54, 1.807) is 41.5 Å². The third-order valence-corrected chi connectivity index (χ3v) is 6.90. The van der Waals surface area contributed by atoms with Gasteiger partial charge in [0, 0.05) is 34.8 Å². The van der Waals surface area contributed by atoms with Gasteiger partial charge in [0.1, 0.15) is 10.6 Å². The summed E-state index contributed by atoms with van der Waals surface area (Å²) >= 11 is -0.284. The van der Waals surface area contributed by atoms with Crippen molar-refractivity contribution >= 4 is 28.8 Å². The van der Waals surface area contributed by atoms with E-state index in [9.17, 15) is 24.3 Å². The number of nitriles is 1. The van der Waals surface area contributed by atoms with E-state index in [4.69, 9.17) is 0 Å². The number of nitrogens with one attached hydrogen (secondary N) is 1. The third kappa shape index (κ3) is 5.84. The lowest BCUT2D eigenvalue weighted by atomic mass is 9.94. The van der Waals surface area contributed by atoms with Crippen molar-refractivity contribution in [3.8, 4) is 6.07 Å². The molecule has 0 spiro atoms. The zero-order chi connectivity index (χ0) is 20.3. The first-order chi connectivity index (χ1) is 11.7. The molecule has 0 aliphatic heterocycles. The number of non-ortho nitro benzene ring substituents is 1. The Morgan fingerprint density at radius 3 is 2.35 bits per heavy atom. The van der Waals surface area contributed by atoms with Gasteiger partial charge in [-0.15, -0.1) is 16.5 Å². The van der Waals surface area contributed by atoms with Crippen LogP contribution in [0.4, 0.5) is 10.1 Å². The molecule has 0 saturated carbocycles. The van der Waals surface area contributed by atoms with Crippen LogP contribution in [0.1, 0.15) is 47.1 Å². The van der Waals surface area contributed by atoms with Gasteiger partial charge in [-0.05, 0) is 47.6 Å². The summed E-state index contributed by atoms with van der Waals surface area (Å²) in [4.78, 5) is 10.5. The van der Waals surface area contributed by atoms with Crippen LogP contribution in [0.25, 0.3) is 0 Å². The van der Waals surface area contributed by atoms with Crippen molar-refractivity contribution in [2.24, 2.45) is 0 Å². The van der Waals surface area contributed by atoms with Crippen LogP contribution in [-0.4, -0.2) is 24.7 Å². The van der Waals surface area contributed by atoms with Gasteiger partial charge in [0.2, 0.25) is 0 Å². The van der Waals surface area contributed by atoms with Crippen LogP contribution in [0, 0.1) is 27.3 Å². The molecule has 0 radical (unpaired) electrons. The van der Waals surface area contributed by atoms with E-state index in [0.717, 1.165) is 18.2 Å². The van der Waals surface area contributed by atoms with Crippen LogP contribution in [0.5, 0.6) is 0 Å². The van der Waals surface area contributed by atoms with Gasteiger partial charge in [0.25, 0.3) is 5.69 Å². The quantitative estimate of drug-likeness (QED) is 0.420. The Bertz CT molecular complexity index is 716. The van der Waals surface area contributed by atoms with E-state index < -0.39 is 37.1 Å². The Labute approximate surface area is 161 Å². The van der Waals surface area contributed by atoms with Gasteiger partial charge in [-0.2, -0.15) is 5.26 Å². The van der Waals surface area contributed by atoms with E-state index in [1.165, 1.54) is 11.8 Å². The molecule has 0 amide bonds. The molecule has 1 N–H and O–H groups in total. The molecule has 1 unspecified atom stereocenters. The molecule has 0 saturated heterocycles. The summed E-state index contributed by atoms with van der Waals surface area (Å²) < 4.78 is 28.8. The fourth-order valence-corrected chi connectivity index (χ4v) is 3.86. The second kappa shape index (κ2) is 8.13. The second-order valence-corrected chi connectivity index (χ2v) is 11.2. The van der Waals surface area contributed by atoms with E-state index in [2.05, 4.69) is 10.8 Å². The van der Waals surface area contributed by atoms with E-state index in [-0.39, 0.29) is 17.0 Å². The van der Waals surface area contributed by atoms with Crippen LogP contribution in [0.2, 0.25) is 0 Å². The van der Waals surface area contributed by atoms with Gasteiger partial charge in [0.05, 0.1) is 21.3 Å². The van der Waals surface area contributed by atoms with Gasteiger partial charge in [-0.3, -0.25) is 10.1 Å². The molecule has 26 heavy (non-hydrogen) atoms. The molecule has 1 aromatic rings. The van der Waals surface area contributed by atoms with Gasteiger partial charge in [-0.25, -0.2) is 4.39 Å². The molecule has 0 bridgehead atoms. The number of nitro benzene ring substituents is 1. The zero-order valence-corrected chi connectivity index (χ0v) is 17.4. The second-order valence-electron chi connectivity index (χ2n) is 7.65. The Kier molecular flexibility index (Phi) is 7.10. The molecule has 9 heteroatoms. The summed E-state index contributed by atoms with van der Waals surface area (Å²) in [6, 6.07) is 5.43.